The van der Waals surface area contributed by atoms with E-state index in [1.807, 2.05) is 53.5 Å². The minimum Gasteiger partial charge on any atom is -0.497 e. The number of nitrogens with zero attached hydrogens (tertiary/aromatic N) is 4. The molecule has 0 bridgehead atoms. The zero-order valence-electron chi connectivity index (χ0n) is 14.8. The van der Waals surface area contributed by atoms with Crippen LogP contribution in [0.25, 0.3) is 22.9 Å². The number of imidazole rings is 2. The first kappa shape index (κ1) is 16.2. The molecule has 132 valence electrons. The lowest BCUT2D eigenvalue weighted by atomic mass is 10.2. The van der Waals surface area contributed by atoms with Gasteiger partial charge in [-0.2, -0.15) is 0 Å². The lowest BCUT2D eigenvalue weighted by Crippen LogP contribution is -2.01. The van der Waals surface area contributed by atoms with Crippen LogP contribution >= 0.6 is 0 Å². The molecule has 0 aliphatic heterocycles. The highest BCUT2D eigenvalue weighted by atomic mass is 16.5. The van der Waals surface area contributed by atoms with Gasteiger partial charge in [0.1, 0.15) is 11.5 Å². The topological polar surface area (TPSA) is 58.0 Å². The first-order valence-corrected chi connectivity index (χ1v) is 8.53. The van der Waals surface area contributed by atoms with Crippen LogP contribution in [0.15, 0.2) is 65.7 Å². The normalized spacial score (nSPS) is 11.0. The van der Waals surface area contributed by atoms with Crippen molar-refractivity contribution in [1.29, 1.82) is 0 Å². The molecule has 6 nitrogen and oxygen atoms in total. The lowest BCUT2D eigenvalue weighted by Gasteiger charge is -2.04. The van der Waals surface area contributed by atoms with E-state index in [4.69, 9.17) is 9.15 Å². The summed E-state index contributed by atoms with van der Waals surface area (Å²) >= 11 is 0. The van der Waals surface area contributed by atoms with Crippen LogP contribution in [-0.2, 0) is 13.1 Å². The van der Waals surface area contributed by atoms with Gasteiger partial charge in [0.05, 0.1) is 25.7 Å². The monoisotopic (exact) mass is 348 g/mol. The molecule has 0 amide bonds. The van der Waals surface area contributed by atoms with Crippen molar-refractivity contribution in [2.45, 2.75) is 20.0 Å². The number of benzene rings is 1. The summed E-state index contributed by atoms with van der Waals surface area (Å²) in [6.07, 6.45) is 7.62. The molecule has 0 saturated heterocycles. The number of ether oxygens (including phenoxy) is 1. The van der Waals surface area contributed by atoms with Gasteiger partial charge in [-0.15, -0.1) is 0 Å². The highest BCUT2D eigenvalue weighted by Gasteiger charge is 2.13. The Hall–Kier alpha value is -3.28. The van der Waals surface area contributed by atoms with E-state index in [1.54, 1.807) is 13.3 Å². The van der Waals surface area contributed by atoms with Crippen LogP contribution in [0.3, 0.4) is 0 Å². The average Bonchev–Trinajstić information content (AvgIpc) is 3.42. The summed E-state index contributed by atoms with van der Waals surface area (Å²) in [5, 5.41) is 0. The summed E-state index contributed by atoms with van der Waals surface area (Å²) in [6, 6.07) is 11.7. The Bertz CT molecular complexity index is 995. The van der Waals surface area contributed by atoms with Gasteiger partial charge in [-0.3, -0.25) is 0 Å². The number of aromatic nitrogens is 4. The third-order valence-corrected chi connectivity index (χ3v) is 4.30. The van der Waals surface area contributed by atoms with Crippen molar-refractivity contribution in [1.82, 2.24) is 19.1 Å². The van der Waals surface area contributed by atoms with Crippen LogP contribution in [0.2, 0.25) is 0 Å². The van der Waals surface area contributed by atoms with E-state index in [-0.39, 0.29) is 0 Å². The maximum absolute atomic E-state index is 6.04. The van der Waals surface area contributed by atoms with Crippen molar-refractivity contribution in [2.24, 2.45) is 0 Å². The number of methoxy groups -OCH3 is 1. The molecule has 0 aliphatic rings. The number of furan rings is 1. The van der Waals surface area contributed by atoms with Gasteiger partial charge >= 0.3 is 0 Å². The number of hydrogen-bond acceptors (Lipinski definition) is 4. The quantitative estimate of drug-likeness (QED) is 0.527. The molecule has 3 heterocycles. The molecule has 4 rings (SSSR count). The summed E-state index contributed by atoms with van der Waals surface area (Å²) in [5.41, 5.74) is 1.99. The lowest BCUT2D eigenvalue weighted by molar-refractivity contribution is 0.415. The average molecular weight is 348 g/mol. The molecule has 0 aliphatic carbocycles. The standard InChI is InChI=1S/C20H20N4O2/c1-3-23-12-16(22-14-23)13-24-11-10-21-20(24)19-9-8-18(26-19)15-4-6-17(25-2)7-5-15/h4-12,14H,3,13H2,1-2H3. The first-order valence-electron chi connectivity index (χ1n) is 8.53. The molecule has 6 heteroatoms. The smallest absolute Gasteiger partial charge is 0.176 e. The van der Waals surface area contributed by atoms with E-state index >= 15 is 0 Å². The van der Waals surface area contributed by atoms with Gasteiger partial charge in [-0.05, 0) is 43.3 Å². The summed E-state index contributed by atoms with van der Waals surface area (Å²) < 4.78 is 15.3. The Kier molecular flexibility index (Phi) is 4.31. The van der Waals surface area contributed by atoms with E-state index in [0.717, 1.165) is 40.9 Å². The Labute approximate surface area is 151 Å². The van der Waals surface area contributed by atoms with E-state index in [2.05, 4.69) is 27.7 Å². The van der Waals surface area contributed by atoms with E-state index in [9.17, 15) is 0 Å². The minimum atomic E-state index is 0.654. The fraction of sp³-hybridized carbons (Fsp3) is 0.200. The van der Waals surface area contributed by atoms with Crippen molar-refractivity contribution in [2.75, 3.05) is 7.11 Å². The van der Waals surface area contributed by atoms with E-state index < -0.39 is 0 Å². The predicted octanol–water partition coefficient (Wildman–Crippen LogP) is 4.08. The molecule has 26 heavy (non-hydrogen) atoms. The highest BCUT2D eigenvalue weighted by Crippen LogP contribution is 2.29. The van der Waals surface area contributed by atoms with Crippen molar-refractivity contribution in [3.63, 3.8) is 0 Å². The summed E-state index contributed by atoms with van der Waals surface area (Å²) in [7, 11) is 1.66. The predicted molar refractivity (Wildman–Crippen MR) is 98.9 cm³/mol. The fourth-order valence-electron chi connectivity index (χ4n) is 2.87. The molecule has 0 atom stereocenters. The summed E-state index contributed by atoms with van der Waals surface area (Å²) in [4.78, 5) is 8.90. The van der Waals surface area contributed by atoms with Crippen LogP contribution in [0.1, 0.15) is 12.6 Å². The van der Waals surface area contributed by atoms with Gasteiger partial charge in [0, 0.05) is 30.7 Å². The van der Waals surface area contributed by atoms with Gasteiger partial charge in [0.2, 0.25) is 0 Å². The largest absolute Gasteiger partial charge is 0.497 e. The van der Waals surface area contributed by atoms with Crippen molar-refractivity contribution in [3.8, 4) is 28.7 Å². The third kappa shape index (κ3) is 3.13. The summed E-state index contributed by atoms with van der Waals surface area (Å²) in [5.74, 6) is 3.14. The highest BCUT2D eigenvalue weighted by molar-refractivity contribution is 5.62. The van der Waals surface area contributed by atoms with Gasteiger partial charge in [0.15, 0.2) is 11.6 Å². The number of hydrogen-bond donors (Lipinski definition) is 0. The second-order valence-corrected chi connectivity index (χ2v) is 5.97. The van der Waals surface area contributed by atoms with Gasteiger partial charge in [-0.25, -0.2) is 9.97 Å². The van der Waals surface area contributed by atoms with Crippen molar-refractivity contribution >= 4 is 0 Å². The first-order chi connectivity index (χ1) is 12.8. The molecular weight excluding hydrogens is 328 g/mol. The molecule has 0 fully saturated rings. The number of rotatable bonds is 6. The van der Waals surface area contributed by atoms with Crippen molar-refractivity contribution < 1.29 is 9.15 Å². The van der Waals surface area contributed by atoms with E-state index in [0.29, 0.717) is 6.54 Å². The van der Waals surface area contributed by atoms with Gasteiger partial charge in [-0.1, -0.05) is 0 Å². The Morgan fingerprint density at radius 2 is 1.85 bits per heavy atom. The zero-order valence-corrected chi connectivity index (χ0v) is 14.8. The number of aryl methyl sites for hydroxylation is 1. The fourth-order valence-corrected chi connectivity index (χ4v) is 2.87. The van der Waals surface area contributed by atoms with Crippen molar-refractivity contribution in [3.05, 3.63) is 67.0 Å². The van der Waals surface area contributed by atoms with Crippen LogP contribution in [0.4, 0.5) is 0 Å². The second-order valence-electron chi connectivity index (χ2n) is 5.97. The summed E-state index contributed by atoms with van der Waals surface area (Å²) in [6.45, 7) is 3.66. The van der Waals surface area contributed by atoms with Crippen LogP contribution in [0, 0.1) is 0 Å². The molecular formula is C20H20N4O2. The Balaban J connectivity index is 1.58. The Morgan fingerprint density at radius 3 is 2.58 bits per heavy atom. The molecule has 4 aromatic rings. The molecule has 0 unspecified atom stereocenters. The minimum absolute atomic E-state index is 0.654. The molecule has 0 spiro atoms. The van der Waals surface area contributed by atoms with Crippen LogP contribution in [0.5, 0.6) is 5.75 Å². The zero-order chi connectivity index (χ0) is 17.9. The molecule has 1 aromatic carbocycles. The van der Waals surface area contributed by atoms with Gasteiger partial charge in [0.25, 0.3) is 0 Å². The SMILES string of the molecule is CCn1cnc(Cn2ccnc2-c2ccc(-c3ccc(OC)cc3)o2)c1. The second kappa shape index (κ2) is 6.92. The molecule has 0 radical (unpaired) electrons. The van der Waals surface area contributed by atoms with Gasteiger partial charge < -0.3 is 18.3 Å². The molecule has 0 saturated carbocycles. The Morgan fingerprint density at radius 1 is 1.04 bits per heavy atom. The van der Waals surface area contributed by atoms with Crippen LogP contribution < -0.4 is 4.74 Å². The molecule has 0 N–H and O–H groups in total. The molecule has 3 aromatic heterocycles. The maximum atomic E-state index is 6.04. The van der Waals surface area contributed by atoms with E-state index in [1.165, 1.54) is 0 Å². The maximum Gasteiger partial charge on any atom is 0.176 e. The van der Waals surface area contributed by atoms with Crippen LogP contribution in [-0.4, -0.2) is 26.2 Å². The third-order valence-electron chi connectivity index (χ3n) is 4.30.